The summed E-state index contributed by atoms with van der Waals surface area (Å²) < 4.78 is 31.9. The molecule has 0 amide bonds. The number of carbonyl (C=O) groups excluding carboxylic acids is 1. The van der Waals surface area contributed by atoms with E-state index in [4.69, 9.17) is 5.73 Å². The summed E-state index contributed by atoms with van der Waals surface area (Å²) in [7, 11) is -2.30. The van der Waals surface area contributed by atoms with Gasteiger partial charge in [-0.3, -0.25) is 0 Å². The maximum atomic E-state index is 12.7. The molecule has 0 aliphatic carbocycles. The molecule has 0 radical (unpaired) electrons. The molecule has 1 saturated heterocycles. The molecule has 1 heterocycles. The highest BCUT2D eigenvalue weighted by Gasteiger charge is 2.30. The van der Waals surface area contributed by atoms with E-state index in [9.17, 15) is 13.2 Å². The first kappa shape index (κ1) is 20.4. The van der Waals surface area contributed by atoms with Gasteiger partial charge in [-0.05, 0) is 59.4 Å². The number of benzene rings is 1. The number of halogens is 2. The van der Waals surface area contributed by atoms with Crippen molar-refractivity contribution >= 4 is 44.3 Å². The van der Waals surface area contributed by atoms with Gasteiger partial charge in [0.05, 0.1) is 17.6 Å². The third-order valence-corrected chi connectivity index (χ3v) is 6.75. The average Bonchev–Trinajstić information content (AvgIpc) is 2.53. The number of carbonyl (C=O) groups is 1. The lowest BCUT2D eigenvalue weighted by atomic mass is 9.99. The van der Waals surface area contributed by atoms with Gasteiger partial charge in [0.25, 0.3) is 0 Å². The van der Waals surface area contributed by atoms with Crippen molar-refractivity contribution in [1.82, 2.24) is 4.31 Å². The number of sulfonamides is 1. The largest absolute Gasteiger partial charge is 0.465 e. The summed E-state index contributed by atoms with van der Waals surface area (Å²) in [5.74, 6) is -0.120. The van der Waals surface area contributed by atoms with Crippen LogP contribution in [0.25, 0.3) is 0 Å². The molecule has 130 valence electrons. The molecule has 1 aromatic rings. The van der Waals surface area contributed by atoms with Gasteiger partial charge in [0.15, 0.2) is 0 Å². The Bertz CT molecular complexity index is 661. The lowest BCUT2D eigenvalue weighted by Crippen LogP contribution is -2.40. The van der Waals surface area contributed by atoms with Gasteiger partial charge in [-0.15, -0.1) is 12.4 Å². The summed E-state index contributed by atoms with van der Waals surface area (Å²) in [5, 5.41) is 0. The summed E-state index contributed by atoms with van der Waals surface area (Å²) in [5.41, 5.74) is 5.93. The minimum atomic E-state index is -3.58. The molecular weight excluding hydrogens is 408 g/mol. The number of nitrogens with zero attached hydrogens (tertiary/aromatic N) is 1. The Balaban J connectivity index is 0.00000264. The Kier molecular flexibility index (Phi) is 7.47. The van der Waals surface area contributed by atoms with Crippen LogP contribution in [0, 0.1) is 5.92 Å². The van der Waals surface area contributed by atoms with Gasteiger partial charge in [0, 0.05) is 17.6 Å². The zero-order valence-electron chi connectivity index (χ0n) is 12.7. The highest BCUT2D eigenvalue weighted by Crippen LogP contribution is 2.29. The monoisotopic (exact) mass is 426 g/mol. The number of ether oxygens (including phenoxy) is 1. The van der Waals surface area contributed by atoms with Crippen molar-refractivity contribution in [1.29, 1.82) is 0 Å². The number of esters is 1. The van der Waals surface area contributed by atoms with E-state index in [1.54, 1.807) is 0 Å². The molecule has 1 aliphatic heterocycles. The second-order valence-electron chi connectivity index (χ2n) is 5.22. The molecule has 0 atom stereocenters. The fourth-order valence-electron chi connectivity index (χ4n) is 2.48. The maximum absolute atomic E-state index is 12.7. The molecular formula is C14H20BrClN2O4S. The fraction of sp³-hybridized carbons (Fsp3) is 0.500. The summed E-state index contributed by atoms with van der Waals surface area (Å²) in [4.78, 5) is 11.6. The van der Waals surface area contributed by atoms with Crippen molar-refractivity contribution in [2.24, 2.45) is 11.7 Å². The topological polar surface area (TPSA) is 89.7 Å². The quantitative estimate of drug-likeness (QED) is 0.743. The molecule has 2 rings (SSSR count). The molecule has 1 aliphatic rings. The molecule has 0 saturated carbocycles. The van der Waals surface area contributed by atoms with Gasteiger partial charge < -0.3 is 10.5 Å². The SMILES string of the molecule is COC(=O)c1ccc(S(=O)(=O)N2CCC(CN)CC2)c(Br)c1.Cl. The van der Waals surface area contributed by atoms with Crippen LogP contribution in [-0.2, 0) is 14.8 Å². The highest BCUT2D eigenvalue weighted by atomic mass is 79.9. The molecule has 0 bridgehead atoms. The van der Waals surface area contributed by atoms with Gasteiger partial charge in [0.2, 0.25) is 10.0 Å². The molecule has 0 unspecified atom stereocenters. The van der Waals surface area contributed by atoms with E-state index < -0.39 is 16.0 Å². The van der Waals surface area contributed by atoms with Crippen LogP contribution < -0.4 is 5.73 Å². The standard InChI is InChI=1S/C14H19BrN2O4S.ClH/c1-21-14(18)11-2-3-13(12(15)8-11)22(19,20)17-6-4-10(9-16)5-7-17;/h2-3,8,10H,4-7,9,16H2,1H3;1H. The number of hydrogen-bond donors (Lipinski definition) is 1. The smallest absolute Gasteiger partial charge is 0.337 e. The molecule has 1 fully saturated rings. The third-order valence-electron chi connectivity index (χ3n) is 3.88. The van der Waals surface area contributed by atoms with Crippen molar-refractivity contribution in [3.63, 3.8) is 0 Å². The zero-order chi connectivity index (χ0) is 16.3. The van der Waals surface area contributed by atoms with Gasteiger partial charge in [0.1, 0.15) is 0 Å². The van der Waals surface area contributed by atoms with Crippen molar-refractivity contribution in [3.8, 4) is 0 Å². The third kappa shape index (κ3) is 4.45. The van der Waals surface area contributed by atoms with Crippen molar-refractivity contribution in [2.75, 3.05) is 26.7 Å². The van der Waals surface area contributed by atoms with Crippen LogP contribution in [0.5, 0.6) is 0 Å². The molecule has 9 heteroatoms. The van der Waals surface area contributed by atoms with E-state index in [1.165, 1.54) is 29.6 Å². The predicted octanol–water partition coefficient (Wildman–Crippen LogP) is 2.02. The Hall–Kier alpha value is -0.670. The number of hydrogen-bond acceptors (Lipinski definition) is 5. The summed E-state index contributed by atoms with van der Waals surface area (Å²) >= 11 is 3.24. The first-order valence-electron chi connectivity index (χ1n) is 6.98. The van der Waals surface area contributed by atoms with Crippen LogP contribution in [0.4, 0.5) is 0 Å². The van der Waals surface area contributed by atoms with Crippen molar-refractivity contribution < 1.29 is 17.9 Å². The van der Waals surface area contributed by atoms with E-state index >= 15 is 0 Å². The number of methoxy groups -OCH3 is 1. The van der Waals surface area contributed by atoms with Crippen LogP contribution in [0.15, 0.2) is 27.6 Å². The summed E-state index contributed by atoms with van der Waals surface area (Å²) in [6, 6.07) is 4.35. The van der Waals surface area contributed by atoms with E-state index in [-0.39, 0.29) is 17.3 Å². The summed E-state index contributed by atoms with van der Waals surface area (Å²) in [6.07, 6.45) is 1.54. The van der Waals surface area contributed by atoms with Crippen LogP contribution in [0.2, 0.25) is 0 Å². The Labute approximate surface area is 151 Å². The number of rotatable bonds is 4. The van der Waals surface area contributed by atoms with Gasteiger partial charge in [-0.1, -0.05) is 0 Å². The number of nitrogens with two attached hydrogens (primary N) is 1. The van der Waals surface area contributed by atoms with Crippen molar-refractivity contribution in [3.05, 3.63) is 28.2 Å². The van der Waals surface area contributed by atoms with Crippen LogP contribution in [0.3, 0.4) is 0 Å². The van der Waals surface area contributed by atoms with Crippen LogP contribution in [-0.4, -0.2) is 45.4 Å². The normalized spacial score (nSPS) is 16.7. The Morgan fingerprint density at radius 2 is 2.00 bits per heavy atom. The molecule has 2 N–H and O–H groups in total. The second kappa shape index (κ2) is 8.43. The molecule has 6 nitrogen and oxygen atoms in total. The Morgan fingerprint density at radius 3 is 2.48 bits per heavy atom. The molecule has 0 aromatic heterocycles. The van der Waals surface area contributed by atoms with Crippen molar-refractivity contribution in [2.45, 2.75) is 17.7 Å². The molecule has 1 aromatic carbocycles. The minimum Gasteiger partial charge on any atom is -0.465 e. The van der Waals surface area contributed by atoms with Crippen LogP contribution >= 0.6 is 28.3 Å². The van der Waals surface area contributed by atoms with E-state index in [2.05, 4.69) is 20.7 Å². The van der Waals surface area contributed by atoms with Gasteiger partial charge in [-0.2, -0.15) is 4.31 Å². The Morgan fingerprint density at radius 1 is 1.39 bits per heavy atom. The lowest BCUT2D eigenvalue weighted by Gasteiger charge is -2.30. The minimum absolute atomic E-state index is 0. The molecule has 0 spiro atoms. The second-order valence-corrected chi connectivity index (χ2v) is 7.98. The summed E-state index contributed by atoms with van der Waals surface area (Å²) in [6.45, 7) is 1.52. The van der Waals surface area contributed by atoms with Crippen LogP contribution in [0.1, 0.15) is 23.2 Å². The lowest BCUT2D eigenvalue weighted by molar-refractivity contribution is 0.0600. The van der Waals surface area contributed by atoms with Gasteiger partial charge >= 0.3 is 5.97 Å². The predicted molar refractivity (Wildman–Crippen MR) is 93.3 cm³/mol. The highest BCUT2D eigenvalue weighted by molar-refractivity contribution is 9.10. The zero-order valence-corrected chi connectivity index (χ0v) is 15.9. The molecule has 23 heavy (non-hydrogen) atoms. The average molecular weight is 428 g/mol. The van der Waals surface area contributed by atoms with E-state index in [1.807, 2.05) is 0 Å². The first-order chi connectivity index (χ1) is 10.4. The van der Waals surface area contributed by atoms with E-state index in [0.717, 1.165) is 12.8 Å². The fourth-order valence-corrected chi connectivity index (χ4v) is 4.99. The van der Waals surface area contributed by atoms with Gasteiger partial charge in [-0.25, -0.2) is 13.2 Å². The first-order valence-corrected chi connectivity index (χ1v) is 9.21. The number of piperidine rings is 1. The maximum Gasteiger partial charge on any atom is 0.337 e. The van der Waals surface area contributed by atoms with E-state index in [0.29, 0.717) is 35.6 Å².